The highest BCUT2D eigenvalue weighted by molar-refractivity contribution is 6.03. The number of ether oxygens (including phenoxy) is 4. The summed E-state index contributed by atoms with van der Waals surface area (Å²) in [7, 11) is 4.57. The third-order valence-corrected chi connectivity index (χ3v) is 6.28. The highest BCUT2D eigenvalue weighted by atomic mass is 16.5. The number of methoxy groups -OCH3 is 3. The highest BCUT2D eigenvalue weighted by Crippen LogP contribution is 2.43. The lowest BCUT2D eigenvalue weighted by Crippen LogP contribution is -2.34. The number of rotatable bonds is 7. The van der Waals surface area contributed by atoms with Crippen molar-refractivity contribution in [1.82, 2.24) is 5.32 Å². The number of carbonyl (C=O) groups excluding carboxylic acids is 2. The summed E-state index contributed by atoms with van der Waals surface area (Å²) in [4.78, 5) is 25.7. The lowest BCUT2D eigenvalue weighted by Gasteiger charge is -2.34. The smallest absolute Gasteiger partial charge is 0.336 e. The van der Waals surface area contributed by atoms with Crippen LogP contribution in [0.5, 0.6) is 17.2 Å². The van der Waals surface area contributed by atoms with Gasteiger partial charge in [-0.1, -0.05) is 12.1 Å². The lowest BCUT2D eigenvalue weighted by molar-refractivity contribution is -0.136. The molecule has 178 valence electrons. The van der Waals surface area contributed by atoms with Gasteiger partial charge in [0.15, 0.2) is 5.78 Å². The zero-order valence-corrected chi connectivity index (χ0v) is 19.9. The first kappa shape index (κ1) is 23.4. The van der Waals surface area contributed by atoms with Crippen LogP contribution in [0.15, 0.2) is 65.0 Å². The van der Waals surface area contributed by atoms with Crippen molar-refractivity contribution in [3.8, 4) is 17.2 Å². The number of esters is 1. The molecule has 1 atom stereocenters. The molecule has 7 heteroatoms. The molecule has 1 aliphatic heterocycles. The molecule has 1 unspecified atom stereocenters. The molecule has 0 bridgehead atoms. The molecule has 1 aliphatic carbocycles. The van der Waals surface area contributed by atoms with E-state index in [1.807, 2.05) is 49.4 Å². The van der Waals surface area contributed by atoms with E-state index in [1.54, 1.807) is 14.2 Å². The van der Waals surface area contributed by atoms with Crippen LogP contribution in [-0.2, 0) is 20.9 Å². The Kier molecular flexibility index (Phi) is 6.91. The van der Waals surface area contributed by atoms with Crippen molar-refractivity contribution < 1.29 is 28.5 Å². The zero-order chi connectivity index (χ0) is 24.2. The minimum Gasteiger partial charge on any atom is -0.497 e. The van der Waals surface area contributed by atoms with Crippen LogP contribution in [0.1, 0.15) is 43.2 Å². The molecule has 2 aromatic rings. The molecule has 34 heavy (non-hydrogen) atoms. The van der Waals surface area contributed by atoms with Crippen LogP contribution in [0.2, 0.25) is 0 Å². The standard InChI is InChI=1S/C27H29NO6/c1-16-24(27(30)33-4)25(26-21(28-16)6-5-7-22(26)29)17-8-9-18(23(14-17)32-3)15-34-20-12-10-19(31-2)11-13-20/h8-14,25,28H,5-7,15H2,1-4H3. The van der Waals surface area contributed by atoms with E-state index in [0.29, 0.717) is 41.4 Å². The van der Waals surface area contributed by atoms with Crippen LogP contribution in [0.25, 0.3) is 0 Å². The molecule has 0 spiro atoms. The number of Topliss-reactive ketones (excluding diaryl/α,β-unsaturated/α-hetero) is 1. The van der Waals surface area contributed by atoms with E-state index >= 15 is 0 Å². The molecule has 2 aliphatic rings. The van der Waals surface area contributed by atoms with Gasteiger partial charge in [0.1, 0.15) is 23.9 Å². The van der Waals surface area contributed by atoms with Crippen LogP contribution in [-0.4, -0.2) is 33.1 Å². The van der Waals surface area contributed by atoms with Gasteiger partial charge in [0.05, 0.1) is 26.9 Å². The number of carbonyl (C=O) groups is 2. The molecule has 0 amide bonds. The second-order valence-electron chi connectivity index (χ2n) is 8.29. The molecule has 0 fully saturated rings. The second-order valence-corrected chi connectivity index (χ2v) is 8.29. The second kappa shape index (κ2) is 10.0. The van der Waals surface area contributed by atoms with Gasteiger partial charge in [-0.05, 0) is 55.7 Å². The predicted molar refractivity (Wildman–Crippen MR) is 127 cm³/mol. The van der Waals surface area contributed by atoms with Crippen molar-refractivity contribution in [1.29, 1.82) is 0 Å². The average molecular weight is 464 g/mol. The molecule has 7 nitrogen and oxygen atoms in total. The first-order valence-electron chi connectivity index (χ1n) is 11.2. The number of nitrogens with one attached hydrogen (secondary N) is 1. The summed E-state index contributed by atoms with van der Waals surface area (Å²) in [6.07, 6.45) is 2.03. The number of benzene rings is 2. The predicted octanol–water partition coefficient (Wildman–Crippen LogP) is 4.42. The Hall–Kier alpha value is -3.74. The molecule has 1 N–H and O–H groups in total. The Morgan fingerprint density at radius 2 is 1.74 bits per heavy atom. The Balaban J connectivity index is 1.68. The van der Waals surface area contributed by atoms with Gasteiger partial charge in [0.25, 0.3) is 0 Å². The van der Waals surface area contributed by atoms with Gasteiger partial charge in [0.2, 0.25) is 0 Å². The number of hydrogen-bond acceptors (Lipinski definition) is 7. The fourth-order valence-electron chi connectivity index (χ4n) is 4.59. The third-order valence-electron chi connectivity index (χ3n) is 6.28. The van der Waals surface area contributed by atoms with Crippen molar-refractivity contribution in [2.75, 3.05) is 21.3 Å². The van der Waals surface area contributed by atoms with E-state index in [1.165, 1.54) is 7.11 Å². The molecule has 4 rings (SSSR count). The number of allylic oxidation sites excluding steroid dienone is 3. The molecule has 1 heterocycles. The maximum absolute atomic E-state index is 13.0. The normalized spacial score (nSPS) is 17.6. The Morgan fingerprint density at radius 1 is 1.00 bits per heavy atom. The molecule has 0 radical (unpaired) electrons. The van der Waals surface area contributed by atoms with Crippen LogP contribution >= 0.6 is 0 Å². The van der Waals surface area contributed by atoms with Gasteiger partial charge in [-0.3, -0.25) is 4.79 Å². The van der Waals surface area contributed by atoms with Gasteiger partial charge in [-0.25, -0.2) is 4.79 Å². The largest absolute Gasteiger partial charge is 0.497 e. The van der Waals surface area contributed by atoms with Gasteiger partial charge >= 0.3 is 5.97 Å². The zero-order valence-electron chi connectivity index (χ0n) is 19.9. The summed E-state index contributed by atoms with van der Waals surface area (Å²) < 4.78 is 21.8. The first-order chi connectivity index (χ1) is 16.5. The molecular weight excluding hydrogens is 434 g/mol. The van der Waals surface area contributed by atoms with E-state index in [4.69, 9.17) is 18.9 Å². The molecule has 2 aromatic carbocycles. The van der Waals surface area contributed by atoms with Gasteiger partial charge in [0, 0.05) is 34.9 Å². The summed E-state index contributed by atoms with van der Waals surface area (Å²) in [6.45, 7) is 2.14. The summed E-state index contributed by atoms with van der Waals surface area (Å²) >= 11 is 0. The van der Waals surface area contributed by atoms with E-state index in [0.717, 1.165) is 35.4 Å². The molecule has 0 saturated carbocycles. The van der Waals surface area contributed by atoms with Crippen molar-refractivity contribution in [2.24, 2.45) is 0 Å². The van der Waals surface area contributed by atoms with Gasteiger partial charge < -0.3 is 24.3 Å². The Labute approximate surface area is 199 Å². The minimum absolute atomic E-state index is 0.0542. The van der Waals surface area contributed by atoms with E-state index < -0.39 is 11.9 Å². The van der Waals surface area contributed by atoms with Gasteiger partial charge in [-0.2, -0.15) is 0 Å². The topological polar surface area (TPSA) is 83.1 Å². The molecule has 0 saturated heterocycles. The monoisotopic (exact) mass is 463 g/mol. The van der Waals surface area contributed by atoms with E-state index in [-0.39, 0.29) is 5.78 Å². The fraction of sp³-hybridized carbons (Fsp3) is 0.333. The van der Waals surface area contributed by atoms with Gasteiger partial charge in [-0.15, -0.1) is 0 Å². The molecular formula is C27H29NO6. The Bertz CT molecular complexity index is 1160. The maximum atomic E-state index is 13.0. The highest BCUT2D eigenvalue weighted by Gasteiger charge is 2.39. The SMILES string of the molecule is COC(=O)C1=C(C)NC2=C(C(=O)CCC2)C1c1ccc(COc2ccc(OC)cc2)c(OC)c1. The number of hydrogen-bond donors (Lipinski definition) is 1. The summed E-state index contributed by atoms with van der Waals surface area (Å²) in [5, 5.41) is 3.28. The summed E-state index contributed by atoms with van der Waals surface area (Å²) in [5.41, 5.74) is 4.32. The van der Waals surface area contributed by atoms with Crippen molar-refractivity contribution in [3.63, 3.8) is 0 Å². The minimum atomic E-state index is -0.512. The lowest BCUT2D eigenvalue weighted by atomic mass is 9.75. The first-order valence-corrected chi connectivity index (χ1v) is 11.2. The van der Waals surface area contributed by atoms with Crippen LogP contribution in [0.3, 0.4) is 0 Å². The number of ketones is 1. The Morgan fingerprint density at radius 3 is 2.41 bits per heavy atom. The fourth-order valence-corrected chi connectivity index (χ4v) is 4.59. The quantitative estimate of drug-likeness (QED) is 0.609. The third kappa shape index (κ3) is 4.51. The van der Waals surface area contributed by atoms with Crippen molar-refractivity contribution in [3.05, 3.63) is 76.1 Å². The van der Waals surface area contributed by atoms with E-state index in [9.17, 15) is 9.59 Å². The van der Waals surface area contributed by atoms with Crippen LogP contribution < -0.4 is 19.5 Å². The van der Waals surface area contributed by atoms with Crippen LogP contribution in [0, 0.1) is 0 Å². The average Bonchev–Trinajstić information content (AvgIpc) is 2.86. The van der Waals surface area contributed by atoms with E-state index in [2.05, 4.69) is 5.32 Å². The summed E-state index contributed by atoms with van der Waals surface area (Å²) in [6, 6.07) is 13.1. The number of dihydropyridines is 1. The van der Waals surface area contributed by atoms with Crippen LogP contribution in [0.4, 0.5) is 0 Å². The van der Waals surface area contributed by atoms with Crippen molar-refractivity contribution in [2.45, 2.75) is 38.7 Å². The maximum Gasteiger partial charge on any atom is 0.336 e. The molecule has 0 aromatic heterocycles. The summed E-state index contributed by atoms with van der Waals surface area (Å²) in [5.74, 6) is 1.18. The van der Waals surface area contributed by atoms with Crippen molar-refractivity contribution >= 4 is 11.8 Å².